The first-order valence-electron chi connectivity index (χ1n) is 7.64. The third kappa shape index (κ3) is 3.97. The fraction of sp³-hybridized carbons (Fsp3) is 0.353. The number of carbonyl (C=O) groups is 2. The van der Waals surface area contributed by atoms with Crippen LogP contribution in [0.5, 0.6) is 0 Å². The van der Waals surface area contributed by atoms with Crippen LogP contribution in [0.3, 0.4) is 0 Å². The van der Waals surface area contributed by atoms with Crippen LogP contribution < -0.4 is 0 Å². The molecule has 2 aromatic rings. The first-order chi connectivity index (χ1) is 11.1. The van der Waals surface area contributed by atoms with Gasteiger partial charge in [-0.2, -0.15) is 0 Å². The Morgan fingerprint density at radius 3 is 2.30 bits per heavy atom. The van der Waals surface area contributed by atoms with E-state index in [1.807, 2.05) is 13.8 Å². The number of rotatable bonds is 7. The average molecular weight is 316 g/mol. The molecule has 23 heavy (non-hydrogen) atoms. The molecular formula is C17H20N2O4. The third-order valence-corrected chi connectivity index (χ3v) is 3.38. The molecule has 0 radical (unpaired) electrons. The molecule has 0 bridgehead atoms. The van der Waals surface area contributed by atoms with E-state index in [1.54, 1.807) is 11.0 Å². The quantitative estimate of drug-likeness (QED) is 0.847. The summed E-state index contributed by atoms with van der Waals surface area (Å²) in [6, 6.07) is 4.48. The van der Waals surface area contributed by atoms with Gasteiger partial charge in [0.05, 0.1) is 11.8 Å². The molecule has 0 fully saturated rings. The second-order valence-corrected chi connectivity index (χ2v) is 5.23. The average Bonchev–Trinajstić information content (AvgIpc) is 3.08. The lowest BCUT2D eigenvalue weighted by molar-refractivity contribution is 0.0697. The Labute approximate surface area is 134 Å². The van der Waals surface area contributed by atoms with Gasteiger partial charge in [0.2, 0.25) is 5.89 Å². The van der Waals surface area contributed by atoms with Gasteiger partial charge in [-0.15, -0.1) is 0 Å². The molecule has 1 N–H and O–H groups in total. The monoisotopic (exact) mass is 316 g/mol. The lowest BCUT2D eigenvalue weighted by Crippen LogP contribution is -2.32. The summed E-state index contributed by atoms with van der Waals surface area (Å²) in [6.07, 6.45) is 4.57. The van der Waals surface area contributed by atoms with Crippen molar-refractivity contribution in [3.8, 4) is 11.5 Å². The predicted octanol–water partition coefficient (Wildman–Crippen LogP) is 3.30. The normalized spacial score (nSPS) is 10.5. The number of aromatic nitrogens is 1. The highest BCUT2D eigenvalue weighted by molar-refractivity contribution is 5.99. The summed E-state index contributed by atoms with van der Waals surface area (Å²) in [5.74, 6) is -0.978. The molecule has 0 aliphatic heterocycles. The molecule has 0 aliphatic rings. The number of carbonyl (C=O) groups excluding carboxylic acids is 1. The number of amides is 1. The van der Waals surface area contributed by atoms with Gasteiger partial charge in [0.25, 0.3) is 5.91 Å². The van der Waals surface area contributed by atoms with Crippen LogP contribution in [0.2, 0.25) is 0 Å². The SMILES string of the molecule is CCCN(CCC)C(=O)c1cc(C(=O)O)cc(-c2ncco2)c1. The minimum Gasteiger partial charge on any atom is -0.478 e. The van der Waals surface area contributed by atoms with E-state index in [2.05, 4.69) is 4.98 Å². The minimum absolute atomic E-state index is 0.0389. The van der Waals surface area contributed by atoms with Crippen molar-refractivity contribution in [2.75, 3.05) is 13.1 Å². The number of nitrogens with zero attached hydrogens (tertiary/aromatic N) is 2. The summed E-state index contributed by atoms with van der Waals surface area (Å²) >= 11 is 0. The largest absolute Gasteiger partial charge is 0.478 e. The summed E-state index contributed by atoms with van der Waals surface area (Å²) in [5.41, 5.74) is 0.850. The number of aromatic carboxylic acids is 1. The molecule has 2 rings (SSSR count). The van der Waals surface area contributed by atoms with Gasteiger partial charge < -0.3 is 14.4 Å². The fourth-order valence-corrected chi connectivity index (χ4v) is 2.40. The summed E-state index contributed by atoms with van der Waals surface area (Å²) in [6.45, 7) is 5.28. The molecule has 1 aromatic heterocycles. The topological polar surface area (TPSA) is 83.6 Å². The number of hydrogen-bond acceptors (Lipinski definition) is 4. The van der Waals surface area contributed by atoms with Gasteiger partial charge in [-0.25, -0.2) is 9.78 Å². The Morgan fingerprint density at radius 1 is 1.13 bits per heavy atom. The smallest absolute Gasteiger partial charge is 0.335 e. The number of benzene rings is 1. The zero-order valence-corrected chi connectivity index (χ0v) is 13.3. The van der Waals surface area contributed by atoms with Gasteiger partial charge >= 0.3 is 5.97 Å². The van der Waals surface area contributed by atoms with E-state index in [4.69, 9.17) is 4.42 Å². The number of carboxylic acids is 1. The highest BCUT2D eigenvalue weighted by Gasteiger charge is 2.19. The van der Waals surface area contributed by atoms with Crippen LogP contribution in [0.4, 0.5) is 0 Å². The zero-order chi connectivity index (χ0) is 16.8. The molecule has 6 nitrogen and oxygen atoms in total. The van der Waals surface area contributed by atoms with Crippen molar-refractivity contribution < 1.29 is 19.1 Å². The Kier molecular flexibility index (Phi) is 5.51. The van der Waals surface area contributed by atoms with Gasteiger partial charge in [-0.1, -0.05) is 13.8 Å². The molecule has 0 saturated heterocycles. The van der Waals surface area contributed by atoms with E-state index < -0.39 is 5.97 Å². The molecule has 1 amide bonds. The van der Waals surface area contributed by atoms with Crippen molar-refractivity contribution in [1.82, 2.24) is 9.88 Å². The fourth-order valence-electron chi connectivity index (χ4n) is 2.40. The molecule has 122 valence electrons. The first-order valence-corrected chi connectivity index (χ1v) is 7.64. The van der Waals surface area contributed by atoms with E-state index in [0.717, 1.165) is 12.8 Å². The van der Waals surface area contributed by atoms with Crippen LogP contribution in [-0.2, 0) is 0 Å². The van der Waals surface area contributed by atoms with Crippen molar-refractivity contribution in [3.05, 3.63) is 41.8 Å². The molecule has 6 heteroatoms. The van der Waals surface area contributed by atoms with Gasteiger partial charge in [0, 0.05) is 24.2 Å². The predicted molar refractivity (Wildman–Crippen MR) is 85.4 cm³/mol. The maximum atomic E-state index is 12.7. The lowest BCUT2D eigenvalue weighted by atomic mass is 10.0. The van der Waals surface area contributed by atoms with Crippen molar-refractivity contribution in [2.45, 2.75) is 26.7 Å². The van der Waals surface area contributed by atoms with Crippen molar-refractivity contribution in [3.63, 3.8) is 0 Å². The Hall–Kier alpha value is -2.63. The van der Waals surface area contributed by atoms with Crippen LogP contribution in [0, 0.1) is 0 Å². The number of hydrogen-bond donors (Lipinski definition) is 1. The molecule has 0 aliphatic carbocycles. The van der Waals surface area contributed by atoms with Gasteiger partial charge in [0.1, 0.15) is 6.26 Å². The van der Waals surface area contributed by atoms with E-state index in [0.29, 0.717) is 30.1 Å². The molecule has 0 unspecified atom stereocenters. The van der Waals surface area contributed by atoms with E-state index in [-0.39, 0.29) is 11.5 Å². The second kappa shape index (κ2) is 7.58. The minimum atomic E-state index is -1.09. The molecule has 0 atom stereocenters. The van der Waals surface area contributed by atoms with Crippen LogP contribution in [0.15, 0.2) is 35.1 Å². The van der Waals surface area contributed by atoms with E-state index >= 15 is 0 Å². The van der Waals surface area contributed by atoms with Gasteiger partial charge in [-0.3, -0.25) is 4.79 Å². The Bertz CT molecular complexity index is 674. The van der Waals surface area contributed by atoms with Crippen LogP contribution >= 0.6 is 0 Å². The summed E-state index contributed by atoms with van der Waals surface area (Å²) in [5, 5.41) is 9.28. The lowest BCUT2D eigenvalue weighted by Gasteiger charge is -2.22. The van der Waals surface area contributed by atoms with Crippen molar-refractivity contribution >= 4 is 11.9 Å². The maximum Gasteiger partial charge on any atom is 0.335 e. The van der Waals surface area contributed by atoms with Crippen LogP contribution in [-0.4, -0.2) is 40.0 Å². The third-order valence-electron chi connectivity index (χ3n) is 3.38. The standard InChI is InChI=1S/C17H20N2O4/c1-3-6-19(7-4-2)16(20)13-9-12(15-18-5-8-23-15)10-14(11-13)17(21)22/h5,8-11H,3-4,6-7H2,1-2H3,(H,21,22). The first kappa shape index (κ1) is 16.7. The second-order valence-electron chi connectivity index (χ2n) is 5.23. The summed E-state index contributed by atoms with van der Waals surface area (Å²) < 4.78 is 5.22. The maximum absolute atomic E-state index is 12.7. The van der Waals surface area contributed by atoms with Crippen LogP contribution in [0.1, 0.15) is 47.4 Å². The zero-order valence-electron chi connectivity index (χ0n) is 13.3. The van der Waals surface area contributed by atoms with Crippen LogP contribution in [0.25, 0.3) is 11.5 Å². The van der Waals surface area contributed by atoms with Crippen molar-refractivity contribution in [2.24, 2.45) is 0 Å². The van der Waals surface area contributed by atoms with Gasteiger partial charge in [-0.05, 0) is 31.0 Å². The summed E-state index contributed by atoms with van der Waals surface area (Å²) in [4.78, 5) is 29.8. The summed E-state index contributed by atoms with van der Waals surface area (Å²) in [7, 11) is 0. The molecular weight excluding hydrogens is 296 g/mol. The highest BCUT2D eigenvalue weighted by Crippen LogP contribution is 2.22. The number of oxazole rings is 1. The van der Waals surface area contributed by atoms with E-state index in [1.165, 1.54) is 24.6 Å². The Balaban J connectivity index is 2.44. The molecule has 0 saturated carbocycles. The number of carboxylic acid groups (broad SMARTS) is 1. The molecule has 1 heterocycles. The van der Waals surface area contributed by atoms with Gasteiger partial charge in [0.15, 0.2) is 0 Å². The molecule has 0 spiro atoms. The Morgan fingerprint density at radius 2 is 1.78 bits per heavy atom. The highest BCUT2D eigenvalue weighted by atomic mass is 16.4. The van der Waals surface area contributed by atoms with E-state index in [9.17, 15) is 14.7 Å². The van der Waals surface area contributed by atoms with Crippen molar-refractivity contribution in [1.29, 1.82) is 0 Å². The molecule has 1 aromatic carbocycles.